The first-order chi connectivity index (χ1) is 15.3. The van der Waals surface area contributed by atoms with Crippen molar-refractivity contribution in [2.75, 3.05) is 41.9 Å². The van der Waals surface area contributed by atoms with Crippen LogP contribution >= 0.6 is 0 Å². The van der Waals surface area contributed by atoms with Crippen molar-refractivity contribution in [2.45, 2.75) is 39.2 Å². The zero-order valence-electron chi connectivity index (χ0n) is 19.8. The zero-order valence-corrected chi connectivity index (χ0v) is 19.8. The van der Waals surface area contributed by atoms with Crippen LogP contribution in [-0.4, -0.2) is 52.0 Å². The lowest BCUT2D eigenvalue weighted by molar-refractivity contribution is 0.408. The number of nitrogens with zero attached hydrogens (tertiary/aromatic N) is 6. The maximum absolute atomic E-state index is 5.30. The first kappa shape index (κ1) is 21.9. The van der Waals surface area contributed by atoms with Gasteiger partial charge in [0.15, 0.2) is 0 Å². The number of aromatic nitrogens is 4. The lowest BCUT2D eigenvalue weighted by Gasteiger charge is -2.48. The highest BCUT2D eigenvalue weighted by Gasteiger charge is 2.35. The van der Waals surface area contributed by atoms with Gasteiger partial charge < -0.3 is 19.9 Å². The molecule has 0 aliphatic carbocycles. The molecule has 2 aromatic heterocycles. The Labute approximate surface area is 190 Å². The van der Waals surface area contributed by atoms with Crippen LogP contribution in [0.2, 0.25) is 0 Å². The van der Waals surface area contributed by atoms with Crippen molar-refractivity contribution in [3.05, 3.63) is 48.3 Å². The van der Waals surface area contributed by atoms with Crippen LogP contribution in [0.5, 0.6) is 5.75 Å². The van der Waals surface area contributed by atoms with Crippen molar-refractivity contribution in [3.8, 4) is 5.75 Å². The van der Waals surface area contributed by atoms with Crippen molar-refractivity contribution in [2.24, 2.45) is 7.05 Å². The van der Waals surface area contributed by atoms with Crippen LogP contribution in [0, 0.1) is 0 Å². The third-order valence-corrected chi connectivity index (χ3v) is 5.96. The van der Waals surface area contributed by atoms with E-state index in [2.05, 4.69) is 71.1 Å². The normalized spacial score (nSPS) is 15.8. The number of rotatable bonds is 6. The van der Waals surface area contributed by atoms with E-state index < -0.39 is 0 Å². The topological polar surface area (TPSA) is 71.3 Å². The largest absolute Gasteiger partial charge is 0.497 e. The summed E-state index contributed by atoms with van der Waals surface area (Å²) >= 11 is 0. The van der Waals surface area contributed by atoms with Crippen LogP contribution in [0.3, 0.4) is 0 Å². The Bertz CT molecular complexity index is 1060. The predicted molar refractivity (Wildman–Crippen MR) is 129 cm³/mol. The van der Waals surface area contributed by atoms with E-state index in [9.17, 15) is 0 Å². The standard InChI is InChI=1S/C24H33N7O/c1-17(2)20-15-22(29(5)28-20)26-21-11-12-25-23(27-21)30-13-14-31(24(3,4)16-30)18-7-9-19(32-6)10-8-18/h7-12,15,17H,13-14,16H2,1-6H3,(H,25,26,27). The molecule has 8 nitrogen and oxygen atoms in total. The van der Waals surface area contributed by atoms with Crippen molar-refractivity contribution in [3.63, 3.8) is 0 Å². The van der Waals surface area contributed by atoms with Crippen LogP contribution in [0.4, 0.5) is 23.3 Å². The molecule has 8 heteroatoms. The molecule has 1 fully saturated rings. The van der Waals surface area contributed by atoms with E-state index in [4.69, 9.17) is 9.72 Å². The maximum atomic E-state index is 5.30. The summed E-state index contributed by atoms with van der Waals surface area (Å²) in [7, 11) is 3.63. The van der Waals surface area contributed by atoms with Crippen LogP contribution < -0.4 is 19.9 Å². The third kappa shape index (κ3) is 4.49. The second kappa shape index (κ2) is 8.68. The van der Waals surface area contributed by atoms with Gasteiger partial charge in [-0.05, 0) is 50.1 Å². The van der Waals surface area contributed by atoms with E-state index in [1.165, 1.54) is 5.69 Å². The lowest BCUT2D eigenvalue weighted by atomic mass is 9.98. The fourth-order valence-corrected chi connectivity index (χ4v) is 4.16. The lowest BCUT2D eigenvalue weighted by Crippen LogP contribution is -2.60. The number of piperazine rings is 1. The SMILES string of the molecule is COc1ccc(N2CCN(c3nccc(Nc4cc(C(C)C)nn4C)n3)CC2(C)C)cc1. The van der Waals surface area contributed by atoms with E-state index in [0.29, 0.717) is 5.92 Å². The molecule has 0 unspecified atom stereocenters. The fraction of sp³-hybridized carbons (Fsp3) is 0.458. The van der Waals surface area contributed by atoms with Gasteiger partial charge >= 0.3 is 0 Å². The highest BCUT2D eigenvalue weighted by atomic mass is 16.5. The van der Waals surface area contributed by atoms with Crippen molar-refractivity contribution < 1.29 is 4.74 Å². The molecule has 3 aromatic rings. The minimum absolute atomic E-state index is 0.0756. The molecule has 0 amide bonds. The van der Waals surface area contributed by atoms with Crippen LogP contribution in [0.15, 0.2) is 42.6 Å². The molecule has 1 aromatic carbocycles. The molecule has 4 rings (SSSR count). The molecule has 32 heavy (non-hydrogen) atoms. The summed E-state index contributed by atoms with van der Waals surface area (Å²) in [5.74, 6) is 3.68. The van der Waals surface area contributed by atoms with E-state index in [0.717, 1.165) is 48.7 Å². The van der Waals surface area contributed by atoms with Crippen LogP contribution in [0.25, 0.3) is 0 Å². The van der Waals surface area contributed by atoms with Crippen LogP contribution in [0.1, 0.15) is 39.3 Å². The Morgan fingerprint density at radius 3 is 2.47 bits per heavy atom. The number of aryl methyl sites for hydroxylation is 1. The van der Waals surface area contributed by atoms with Gasteiger partial charge in [-0.3, -0.25) is 4.68 Å². The number of methoxy groups -OCH3 is 1. The fourth-order valence-electron chi connectivity index (χ4n) is 4.16. The molecule has 3 heterocycles. The number of benzene rings is 1. The highest BCUT2D eigenvalue weighted by molar-refractivity contribution is 5.56. The van der Waals surface area contributed by atoms with Crippen molar-refractivity contribution in [1.29, 1.82) is 0 Å². The van der Waals surface area contributed by atoms with Gasteiger partial charge in [0.05, 0.1) is 18.3 Å². The van der Waals surface area contributed by atoms with E-state index in [1.54, 1.807) is 7.11 Å². The molecule has 1 aliphatic heterocycles. The molecular formula is C24H33N7O. The molecule has 1 N–H and O–H groups in total. The number of hydrogen-bond acceptors (Lipinski definition) is 7. The number of anilines is 4. The second-order valence-electron chi connectivity index (χ2n) is 9.18. The first-order valence-electron chi connectivity index (χ1n) is 11.1. The predicted octanol–water partition coefficient (Wildman–Crippen LogP) is 4.19. The molecule has 0 radical (unpaired) electrons. The first-order valence-corrected chi connectivity index (χ1v) is 11.1. The summed E-state index contributed by atoms with van der Waals surface area (Å²) in [5.41, 5.74) is 2.18. The average Bonchev–Trinajstić information content (AvgIpc) is 3.14. The Balaban J connectivity index is 1.49. The minimum Gasteiger partial charge on any atom is -0.497 e. The van der Waals surface area contributed by atoms with Gasteiger partial charge in [-0.1, -0.05) is 13.8 Å². The Hall–Kier alpha value is -3.29. The summed E-state index contributed by atoms with van der Waals surface area (Å²) in [6.45, 7) is 11.4. The van der Waals surface area contributed by atoms with Crippen molar-refractivity contribution in [1.82, 2.24) is 19.7 Å². The Morgan fingerprint density at radius 2 is 1.84 bits per heavy atom. The summed E-state index contributed by atoms with van der Waals surface area (Å²) in [6.07, 6.45) is 1.81. The summed E-state index contributed by atoms with van der Waals surface area (Å²) in [4.78, 5) is 14.1. The molecule has 0 spiro atoms. The van der Waals surface area contributed by atoms with Gasteiger partial charge in [0.2, 0.25) is 5.95 Å². The van der Waals surface area contributed by atoms with Gasteiger partial charge in [0.25, 0.3) is 0 Å². The second-order valence-corrected chi connectivity index (χ2v) is 9.18. The molecule has 1 saturated heterocycles. The summed E-state index contributed by atoms with van der Waals surface area (Å²) in [5, 5.41) is 7.97. The average molecular weight is 436 g/mol. The zero-order chi connectivity index (χ0) is 22.9. The van der Waals surface area contributed by atoms with Crippen LogP contribution in [-0.2, 0) is 7.05 Å². The number of ether oxygens (including phenoxy) is 1. The van der Waals surface area contributed by atoms with E-state index >= 15 is 0 Å². The Kier molecular flexibility index (Phi) is 5.95. The van der Waals surface area contributed by atoms with Gasteiger partial charge in [0, 0.05) is 44.6 Å². The molecule has 0 bridgehead atoms. The number of nitrogens with one attached hydrogen (secondary N) is 1. The van der Waals surface area contributed by atoms with Gasteiger partial charge in [-0.15, -0.1) is 0 Å². The van der Waals surface area contributed by atoms with Gasteiger partial charge in [0.1, 0.15) is 17.4 Å². The molecule has 0 saturated carbocycles. The molecule has 0 atom stereocenters. The molecular weight excluding hydrogens is 402 g/mol. The van der Waals surface area contributed by atoms with Crippen molar-refractivity contribution >= 4 is 23.3 Å². The third-order valence-electron chi connectivity index (χ3n) is 5.96. The molecule has 170 valence electrons. The number of hydrogen-bond donors (Lipinski definition) is 1. The molecule has 1 aliphatic rings. The monoisotopic (exact) mass is 435 g/mol. The smallest absolute Gasteiger partial charge is 0.227 e. The highest BCUT2D eigenvalue weighted by Crippen LogP contribution is 2.31. The Morgan fingerprint density at radius 1 is 1.09 bits per heavy atom. The van der Waals surface area contributed by atoms with Gasteiger partial charge in [-0.2, -0.15) is 10.1 Å². The van der Waals surface area contributed by atoms with E-state index in [-0.39, 0.29) is 5.54 Å². The maximum Gasteiger partial charge on any atom is 0.227 e. The summed E-state index contributed by atoms with van der Waals surface area (Å²) in [6, 6.07) is 12.2. The van der Waals surface area contributed by atoms with Gasteiger partial charge in [-0.25, -0.2) is 4.98 Å². The summed E-state index contributed by atoms with van der Waals surface area (Å²) < 4.78 is 7.16. The minimum atomic E-state index is -0.0756. The van der Waals surface area contributed by atoms with E-state index in [1.807, 2.05) is 36.1 Å². The quantitative estimate of drug-likeness (QED) is 0.622.